The summed E-state index contributed by atoms with van der Waals surface area (Å²) in [6.07, 6.45) is 8.86. The minimum absolute atomic E-state index is 0.226. The molecule has 0 rings (SSSR count). The first kappa shape index (κ1) is 14.3. The quantitative estimate of drug-likeness (QED) is 0.404. The second kappa shape index (κ2) is 7.55. The lowest BCUT2D eigenvalue weighted by Crippen LogP contribution is -2.30. The molecule has 4 nitrogen and oxygen atoms in total. The molecule has 3 N–H and O–H groups in total. The minimum atomic E-state index is -1.00. The van der Waals surface area contributed by atoms with Gasteiger partial charge in [0.05, 0.1) is 5.76 Å². The molecule has 0 aromatic heterocycles. The van der Waals surface area contributed by atoms with Crippen LogP contribution in [0.3, 0.4) is 0 Å². The third-order valence-electron chi connectivity index (χ3n) is 1.84. The molecule has 0 amide bonds. The molecule has 0 saturated heterocycles. The number of terminal acetylenes is 1. The fourth-order valence-electron chi connectivity index (χ4n) is 0.965. The Morgan fingerprint density at radius 3 is 2.69 bits per heavy atom. The van der Waals surface area contributed by atoms with Crippen molar-refractivity contribution >= 4 is 5.97 Å². The van der Waals surface area contributed by atoms with Crippen LogP contribution in [0.25, 0.3) is 0 Å². The Morgan fingerprint density at radius 2 is 2.19 bits per heavy atom. The van der Waals surface area contributed by atoms with Crippen LogP contribution in [0.5, 0.6) is 0 Å². The van der Waals surface area contributed by atoms with Crippen molar-refractivity contribution in [1.29, 1.82) is 0 Å². The number of aliphatic carboxylic acids is 1. The third kappa shape index (κ3) is 6.68. The summed E-state index contributed by atoms with van der Waals surface area (Å²) in [7, 11) is 0. The Morgan fingerprint density at radius 1 is 1.56 bits per heavy atom. The predicted octanol–water partition coefficient (Wildman–Crippen LogP) is 1.29. The van der Waals surface area contributed by atoms with Crippen LogP contribution in [0.2, 0.25) is 0 Å². The molecular formula is C12H17NO3. The van der Waals surface area contributed by atoms with Gasteiger partial charge in [0.1, 0.15) is 12.6 Å². The lowest BCUT2D eigenvalue weighted by Gasteiger charge is -2.05. The van der Waals surface area contributed by atoms with Crippen LogP contribution in [0.1, 0.15) is 20.3 Å². The molecule has 16 heavy (non-hydrogen) atoms. The van der Waals surface area contributed by atoms with Gasteiger partial charge in [-0.1, -0.05) is 17.6 Å². The lowest BCUT2D eigenvalue weighted by molar-refractivity contribution is -0.138. The normalized spacial score (nSPS) is 14.1. The molecule has 0 aromatic rings. The Bertz CT molecular complexity index is 337. The van der Waals surface area contributed by atoms with E-state index in [9.17, 15) is 4.79 Å². The Balaban J connectivity index is 4.23. The van der Waals surface area contributed by atoms with E-state index in [-0.39, 0.29) is 6.61 Å². The summed E-state index contributed by atoms with van der Waals surface area (Å²) in [4.78, 5) is 10.5. The number of hydrogen-bond acceptors (Lipinski definition) is 3. The third-order valence-corrected chi connectivity index (χ3v) is 1.84. The van der Waals surface area contributed by atoms with Gasteiger partial charge in [-0.3, -0.25) is 4.79 Å². The van der Waals surface area contributed by atoms with Crippen molar-refractivity contribution in [2.24, 2.45) is 5.73 Å². The molecule has 4 heteroatoms. The maximum absolute atomic E-state index is 10.5. The van der Waals surface area contributed by atoms with Crippen molar-refractivity contribution < 1.29 is 14.6 Å². The van der Waals surface area contributed by atoms with Crippen LogP contribution < -0.4 is 5.73 Å². The second-order valence-corrected chi connectivity index (χ2v) is 3.43. The highest BCUT2D eigenvalue weighted by molar-refractivity contribution is 5.73. The average molecular weight is 223 g/mol. The predicted molar refractivity (Wildman–Crippen MR) is 62.5 cm³/mol. The number of carboxylic acids is 1. The van der Waals surface area contributed by atoms with Gasteiger partial charge < -0.3 is 15.6 Å². The van der Waals surface area contributed by atoms with E-state index in [1.807, 2.05) is 6.92 Å². The number of rotatable bonds is 6. The first-order valence-electron chi connectivity index (χ1n) is 4.86. The van der Waals surface area contributed by atoms with Gasteiger partial charge in [-0.05, 0) is 26.3 Å². The molecule has 0 aliphatic carbocycles. The SMILES string of the molecule is C#CCO/C(C)=C/C=C(\C)CC(N)C(=O)O. The molecule has 0 saturated carbocycles. The fraction of sp³-hybridized carbons (Fsp3) is 0.417. The summed E-state index contributed by atoms with van der Waals surface area (Å²) < 4.78 is 5.13. The number of hydrogen-bond donors (Lipinski definition) is 2. The smallest absolute Gasteiger partial charge is 0.320 e. The standard InChI is InChI=1S/C12H17NO3/c1-4-7-16-10(3)6-5-9(2)8-11(13)12(14)15/h1,5-6,11H,7-8,13H2,2-3H3,(H,14,15)/b9-5+,10-6+. The van der Waals surface area contributed by atoms with Crippen molar-refractivity contribution in [3.63, 3.8) is 0 Å². The van der Waals surface area contributed by atoms with Crippen molar-refractivity contribution in [3.8, 4) is 12.3 Å². The first-order valence-corrected chi connectivity index (χ1v) is 4.86. The van der Waals surface area contributed by atoms with E-state index >= 15 is 0 Å². The second-order valence-electron chi connectivity index (χ2n) is 3.43. The first-order chi connectivity index (χ1) is 7.47. The molecule has 0 aromatic carbocycles. The molecule has 0 fully saturated rings. The van der Waals surface area contributed by atoms with Crippen LogP contribution in [-0.2, 0) is 9.53 Å². The van der Waals surface area contributed by atoms with Crippen molar-refractivity contribution in [2.75, 3.05) is 6.61 Å². The van der Waals surface area contributed by atoms with Gasteiger partial charge >= 0.3 is 5.97 Å². The van der Waals surface area contributed by atoms with E-state index in [1.54, 1.807) is 19.1 Å². The van der Waals surface area contributed by atoms with E-state index in [0.717, 1.165) is 5.57 Å². The number of allylic oxidation sites excluding steroid dienone is 3. The fourth-order valence-corrected chi connectivity index (χ4v) is 0.965. The van der Waals surface area contributed by atoms with E-state index in [4.69, 9.17) is 22.0 Å². The summed E-state index contributed by atoms with van der Waals surface area (Å²) in [5.41, 5.74) is 6.26. The van der Waals surface area contributed by atoms with Crippen LogP contribution in [-0.4, -0.2) is 23.7 Å². The Hall–Kier alpha value is -1.73. The zero-order chi connectivity index (χ0) is 12.6. The molecule has 0 aliphatic rings. The zero-order valence-corrected chi connectivity index (χ0v) is 9.56. The summed E-state index contributed by atoms with van der Waals surface area (Å²) in [6.45, 7) is 3.82. The van der Waals surface area contributed by atoms with Gasteiger partial charge in [0.2, 0.25) is 0 Å². The van der Waals surface area contributed by atoms with Gasteiger partial charge in [0, 0.05) is 0 Å². The van der Waals surface area contributed by atoms with Gasteiger partial charge in [0.15, 0.2) is 0 Å². The van der Waals surface area contributed by atoms with Gasteiger partial charge in [0.25, 0.3) is 0 Å². The largest absolute Gasteiger partial charge is 0.486 e. The van der Waals surface area contributed by atoms with Crippen molar-refractivity contribution in [2.45, 2.75) is 26.3 Å². The molecule has 0 spiro atoms. The topological polar surface area (TPSA) is 72.5 Å². The van der Waals surface area contributed by atoms with E-state index in [1.165, 1.54) is 0 Å². The highest BCUT2D eigenvalue weighted by Gasteiger charge is 2.10. The molecule has 0 bridgehead atoms. The summed E-state index contributed by atoms with van der Waals surface area (Å²) in [5.74, 6) is 2.03. The van der Waals surface area contributed by atoms with E-state index in [2.05, 4.69) is 5.92 Å². The summed E-state index contributed by atoms with van der Waals surface area (Å²) >= 11 is 0. The van der Waals surface area contributed by atoms with Crippen LogP contribution in [0, 0.1) is 12.3 Å². The molecular weight excluding hydrogens is 206 g/mol. The monoisotopic (exact) mass is 223 g/mol. The van der Waals surface area contributed by atoms with Crippen LogP contribution in [0.15, 0.2) is 23.5 Å². The number of carbonyl (C=O) groups is 1. The highest BCUT2D eigenvalue weighted by atomic mass is 16.5. The maximum Gasteiger partial charge on any atom is 0.320 e. The van der Waals surface area contributed by atoms with Crippen LogP contribution >= 0.6 is 0 Å². The Labute approximate surface area is 95.8 Å². The molecule has 1 atom stereocenters. The molecule has 0 radical (unpaired) electrons. The van der Waals surface area contributed by atoms with E-state index < -0.39 is 12.0 Å². The molecule has 0 aliphatic heterocycles. The summed E-state index contributed by atoms with van der Waals surface area (Å²) in [6, 6.07) is -0.864. The number of carboxylic acid groups (broad SMARTS) is 1. The molecule has 0 heterocycles. The molecule has 1 unspecified atom stereocenters. The van der Waals surface area contributed by atoms with Crippen LogP contribution in [0.4, 0.5) is 0 Å². The lowest BCUT2D eigenvalue weighted by atomic mass is 10.1. The summed E-state index contributed by atoms with van der Waals surface area (Å²) in [5, 5.41) is 8.61. The van der Waals surface area contributed by atoms with Gasteiger partial charge in [-0.25, -0.2) is 0 Å². The van der Waals surface area contributed by atoms with Crippen molar-refractivity contribution in [3.05, 3.63) is 23.5 Å². The van der Waals surface area contributed by atoms with Crippen molar-refractivity contribution in [1.82, 2.24) is 0 Å². The van der Waals surface area contributed by atoms with Gasteiger partial charge in [-0.2, -0.15) is 0 Å². The zero-order valence-electron chi connectivity index (χ0n) is 9.56. The number of ether oxygens (including phenoxy) is 1. The highest BCUT2D eigenvalue weighted by Crippen LogP contribution is 2.05. The average Bonchev–Trinajstić information content (AvgIpc) is 2.23. The maximum atomic E-state index is 10.5. The van der Waals surface area contributed by atoms with E-state index in [0.29, 0.717) is 12.2 Å². The van der Waals surface area contributed by atoms with Gasteiger partial charge in [-0.15, -0.1) is 6.42 Å². The molecule has 88 valence electrons. The number of nitrogens with two attached hydrogens (primary N) is 1. The Kier molecular flexibility index (Phi) is 6.73. The minimum Gasteiger partial charge on any atom is -0.486 e.